The Kier molecular flexibility index (Phi) is 4.04. The van der Waals surface area contributed by atoms with E-state index in [2.05, 4.69) is 41.3 Å². The minimum atomic E-state index is 0.567. The quantitative estimate of drug-likeness (QED) is 0.856. The largest absolute Gasteiger partial charge is 0.310 e. The van der Waals surface area contributed by atoms with E-state index in [1.807, 2.05) is 6.07 Å². The van der Waals surface area contributed by atoms with Gasteiger partial charge in [0.05, 0.1) is 11.0 Å². The maximum Gasteiger partial charge on any atom is 0.0890 e. The number of hydrogen-bond acceptors (Lipinski definition) is 3. The van der Waals surface area contributed by atoms with Crippen LogP contribution in [0.5, 0.6) is 0 Å². The van der Waals surface area contributed by atoms with Crippen LogP contribution in [0.1, 0.15) is 32.3 Å². The Morgan fingerprint density at radius 2 is 1.94 bits per heavy atom. The van der Waals surface area contributed by atoms with Crippen molar-refractivity contribution in [3.8, 4) is 0 Å². The Labute approximate surface area is 102 Å². The van der Waals surface area contributed by atoms with E-state index in [9.17, 15) is 0 Å². The molecule has 1 N–H and O–H groups in total. The summed E-state index contributed by atoms with van der Waals surface area (Å²) in [7, 11) is 0. The summed E-state index contributed by atoms with van der Waals surface area (Å²) in [6.45, 7) is 5.34. The lowest BCUT2D eigenvalue weighted by Gasteiger charge is -2.12. The molecule has 0 aliphatic carbocycles. The molecule has 0 saturated carbocycles. The molecule has 0 aliphatic heterocycles. The third kappa shape index (κ3) is 3.24. The summed E-state index contributed by atoms with van der Waals surface area (Å²) in [6, 6.07) is 6.82. The van der Waals surface area contributed by atoms with Crippen LogP contribution in [-0.2, 0) is 6.54 Å². The predicted octanol–water partition coefficient (Wildman–Crippen LogP) is 2.91. The zero-order valence-corrected chi connectivity index (χ0v) is 10.5. The molecule has 0 spiro atoms. The van der Waals surface area contributed by atoms with Gasteiger partial charge in [0.15, 0.2) is 0 Å². The molecule has 2 aromatic rings. The van der Waals surface area contributed by atoms with E-state index in [4.69, 9.17) is 0 Å². The first-order valence-electron chi connectivity index (χ1n) is 6.22. The Balaban J connectivity index is 2.04. The summed E-state index contributed by atoms with van der Waals surface area (Å²) in [4.78, 5) is 8.58. The zero-order valence-electron chi connectivity index (χ0n) is 10.5. The van der Waals surface area contributed by atoms with Gasteiger partial charge in [-0.2, -0.15) is 0 Å². The van der Waals surface area contributed by atoms with Crippen LogP contribution >= 0.6 is 0 Å². The molecule has 1 unspecified atom stereocenters. The molecule has 1 aromatic carbocycles. The Bertz CT molecular complexity index is 482. The minimum Gasteiger partial charge on any atom is -0.310 e. The van der Waals surface area contributed by atoms with Gasteiger partial charge in [-0.1, -0.05) is 19.4 Å². The van der Waals surface area contributed by atoms with Crippen molar-refractivity contribution in [1.29, 1.82) is 0 Å². The van der Waals surface area contributed by atoms with Crippen LogP contribution in [0, 0.1) is 0 Å². The van der Waals surface area contributed by atoms with Gasteiger partial charge in [0.25, 0.3) is 0 Å². The molecular formula is C14H19N3. The third-order valence-electron chi connectivity index (χ3n) is 2.91. The third-order valence-corrected chi connectivity index (χ3v) is 2.91. The molecule has 1 atom stereocenters. The van der Waals surface area contributed by atoms with E-state index >= 15 is 0 Å². The molecule has 0 bridgehead atoms. The lowest BCUT2D eigenvalue weighted by atomic mass is 10.1. The molecular weight excluding hydrogens is 210 g/mol. The summed E-state index contributed by atoms with van der Waals surface area (Å²) in [6.07, 6.45) is 5.90. The number of nitrogens with one attached hydrogen (secondary N) is 1. The Morgan fingerprint density at radius 1 is 1.18 bits per heavy atom. The average molecular weight is 229 g/mol. The molecule has 0 aliphatic rings. The van der Waals surface area contributed by atoms with E-state index in [1.165, 1.54) is 18.4 Å². The Hall–Kier alpha value is -1.48. The van der Waals surface area contributed by atoms with Crippen molar-refractivity contribution in [3.05, 3.63) is 36.2 Å². The number of benzene rings is 1. The molecule has 17 heavy (non-hydrogen) atoms. The van der Waals surface area contributed by atoms with Crippen LogP contribution in [0.3, 0.4) is 0 Å². The fourth-order valence-corrected chi connectivity index (χ4v) is 1.95. The first kappa shape index (κ1) is 12.0. The molecule has 90 valence electrons. The van der Waals surface area contributed by atoms with Crippen molar-refractivity contribution >= 4 is 11.0 Å². The molecule has 3 nitrogen and oxygen atoms in total. The fourth-order valence-electron chi connectivity index (χ4n) is 1.95. The second kappa shape index (κ2) is 5.73. The van der Waals surface area contributed by atoms with Gasteiger partial charge in [0.2, 0.25) is 0 Å². The van der Waals surface area contributed by atoms with Crippen LogP contribution in [0.4, 0.5) is 0 Å². The Morgan fingerprint density at radius 3 is 2.71 bits per heavy atom. The van der Waals surface area contributed by atoms with Crippen molar-refractivity contribution in [2.45, 2.75) is 39.3 Å². The van der Waals surface area contributed by atoms with E-state index < -0.39 is 0 Å². The molecule has 2 rings (SSSR count). The van der Waals surface area contributed by atoms with Crippen molar-refractivity contribution in [3.63, 3.8) is 0 Å². The lowest BCUT2D eigenvalue weighted by Crippen LogP contribution is -2.25. The number of rotatable bonds is 5. The number of aromatic nitrogens is 2. The molecule has 0 fully saturated rings. The van der Waals surface area contributed by atoms with Gasteiger partial charge in [0, 0.05) is 25.0 Å². The van der Waals surface area contributed by atoms with Gasteiger partial charge in [-0.3, -0.25) is 9.97 Å². The summed E-state index contributed by atoms with van der Waals surface area (Å²) < 4.78 is 0. The highest BCUT2D eigenvalue weighted by Crippen LogP contribution is 2.11. The summed E-state index contributed by atoms with van der Waals surface area (Å²) >= 11 is 0. The van der Waals surface area contributed by atoms with Crippen LogP contribution in [0.25, 0.3) is 11.0 Å². The fraction of sp³-hybridized carbons (Fsp3) is 0.429. The smallest absolute Gasteiger partial charge is 0.0890 e. The topological polar surface area (TPSA) is 37.8 Å². The van der Waals surface area contributed by atoms with E-state index in [0.29, 0.717) is 6.04 Å². The van der Waals surface area contributed by atoms with E-state index in [-0.39, 0.29) is 0 Å². The van der Waals surface area contributed by atoms with Gasteiger partial charge in [-0.15, -0.1) is 0 Å². The zero-order chi connectivity index (χ0) is 12.1. The molecule has 1 heterocycles. The monoisotopic (exact) mass is 229 g/mol. The van der Waals surface area contributed by atoms with E-state index in [1.54, 1.807) is 12.4 Å². The molecule has 0 amide bonds. The van der Waals surface area contributed by atoms with Crippen LogP contribution in [0.2, 0.25) is 0 Å². The first-order valence-corrected chi connectivity index (χ1v) is 6.22. The normalized spacial score (nSPS) is 12.8. The van der Waals surface area contributed by atoms with Crippen LogP contribution in [-0.4, -0.2) is 16.0 Å². The van der Waals surface area contributed by atoms with Gasteiger partial charge in [-0.05, 0) is 31.0 Å². The van der Waals surface area contributed by atoms with Gasteiger partial charge < -0.3 is 5.32 Å². The lowest BCUT2D eigenvalue weighted by molar-refractivity contribution is 0.508. The molecule has 3 heteroatoms. The number of hydrogen-bond donors (Lipinski definition) is 1. The van der Waals surface area contributed by atoms with Crippen LogP contribution < -0.4 is 5.32 Å². The highest BCUT2D eigenvalue weighted by atomic mass is 14.9. The standard InChI is InChI=1S/C14H19N3/c1-3-4-11(2)17-10-12-5-6-13-14(9-12)16-8-7-15-13/h5-9,11,17H,3-4,10H2,1-2H3. The summed E-state index contributed by atoms with van der Waals surface area (Å²) in [5, 5.41) is 3.52. The molecule has 1 aromatic heterocycles. The van der Waals surface area contributed by atoms with Crippen molar-refractivity contribution < 1.29 is 0 Å². The average Bonchev–Trinajstić information content (AvgIpc) is 2.36. The summed E-state index contributed by atoms with van der Waals surface area (Å²) in [5.41, 5.74) is 3.19. The predicted molar refractivity (Wildman–Crippen MR) is 70.7 cm³/mol. The summed E-state index contributed by atoms with van der Waals surface area (Å²) in [5.74, 6) is 0. The highest BCUT2D eigenvalue weighted by Gasteiger charge is 2.01. The van der Waals surface area contributed by atoms with Crippen molar-refractivity contribution in [2.24, 2.45) is 0 Å². The van der Waals surface area contributed by atoms with Gasteiger partial charge in [-0.25, -0.2) is 0 Å². The number of fused-ring (bicyclic) bond motifs is 1. The maximum absolute atomic E-state index is 4.32. The highest BCUT2D eigenvalue weighted by molar-refractivity contribution is 5.74. The maximum atomic E-state index is 4.32. The molecule has 0 saturated heterocycles. The minimum absolute atomic E-state index is 0.567. The number of nitrogens with zero attached hydrogens (tertiary/aromatic N) is 2. The van der Waals surface area contributed by atoms with E-state index in [0.717, 1.165) is 17.6 Å². The second-order valence-corrected chi connectivity index (χ2v) is 4.45. The van der Waals surface area contributed by atoms with Crippen molar-refractivity contribution in [2.75, 3.05) is 0 Å². The van der Waals surface area contributed by atoms with Gasteiger partial charge in [0.1, 0.15) is 0 Å². The first-order chi connectivity index (χ1) is 8.29. The van der Waals surface area contributed by atoms with Crippen LogP contribution in [0.15, 0.2) is 30.6 Å². The second-order valence-electron chi connectivity index (χ2n) is 4.45. The SMILES string of the molecule is CCCC(C)NCc1ccc2nccnc2c1. The van der Waals surface area contributed by atoms with Crippen molar-refractivity contribution in [1.82, 2.24) is 15.3 Å². The van der Waals surface area contributed by atoms with Gasteiger partial charge >= 0.3 is 0 Å². The molecule has 0 radical (unpaired) electrons.